The predicted octanol–water partition coefficient (Wildman–Crippen LogP) is 1.94. The molecule has 0 N–H and O–H groups in total. The highest BCUT2D eigenvalue weighted by Gasteiger charge is 2.32. The van der Waals surface area contributed by atoms with Gasteiger partial charge in [-0.25, -0.2) is 8.42 Å². The first-order valence-electron chi connectivity index (χ1n) is 8.72. The summed E-state index contributed by atoms with van der Waals surface area (Å²) in [6.07, 6.45) is -0.234. The van der Waals surface area contributed by atoms with Crippen molar-refractivity contribution in [2.24, 2.45) is 7.05 Å². The van der Waals surface area contributed by atoms with E-state index < -0.39 is 10.0 Å². The zero-order chi connectivity index (χ0) is 19.1. The van der Waals surface area contributed by atoms with Gasteiger partial charge in [0.05, 0.1) is 30.2 Å². The van der Waals surface area contributed by atoms with Gasteiger partial charge in [-0.2, -0.15) is 9.40 Å². The van der Waals surface area contributed by atoms with Crippen LogP contribution in [-0.2, 0) is 17.1 Å². The second kappa shape index (κ2) is 6.92. The molecule has 0 bridgehead atoms. The minimum absolute atomic E-state index is 0.234. The maximum Gasteiger partial charge on any atom is 0.246 e. The van der Waals surface area contributed by atoms with Gasteiger partial charge in [0.1, 0.15) is 16.7 Å². The Bertz CT molecular complexity index is 907. The Morgan fingerprint density at radius 1 is 1.31 bits per heavy atom. The maximum atomic E-state index is 13.1. The smallest absolute Gasteiger partial charge is 0.246 e. The lowest BCUT2D eigenvalue weighted by Gasteiger charge is -2.37. The van der Waals surface area contributed by atoms with Crippen molar-refractivity contribution in [3.05, 3.63) is 35.7 Å². The van der Waals surface area contributed by atoms with Crippen molar-refractivity contribution < 1.29 is 13.2 Å². The van der Waals surface area contributed by atoms with E-state index in [1.807, 2.05) is 24.3 Å². The molecule has 26 heavy (non-hydrogen) atoms. The fourth-order valence-corrected chi connectivity index (χ4v) is 5.04. The van der Waals surface area contributed by atoms with Gasteiger partial charge >= 0.3 is 0 Å². The molecule has 2 aromatic rings. The minimum atomic E-state index is -3.63. The summed E-state index contributed by atoms with van der Waals surface area (Å²) in [5.74, 6) is 0.796. The van der Waals surface area contributed by atoms with E-state index in [1.165, 1.54) is 4.31 Å². The highest BCUT2D eigenvalue weighted by atomic mass is 32.2. The molecule has 0 amide bonds. The molecule has 0 radical (unpaired) electrons. The number of rotatable bonds is 5. The van der Waals surface area contributed by atoms with Crippen molar-refractivity contribution in [2.75, 3.05) is 31.6 Å². The second-order valence-corrected chi connectivity index (χ2v) is 8.64. The van der Waals surface area contributed by atoms with Gasteiger partial charge in [0.15, 0.2) is 0 Å². The molecule has 3 rings (SSSR count). The summed E-state index contributed by atoms with van der Waals surface area (Å²) >= 11 is 0. The van der Waals surface area contributed by atoms with Gasteiger partial charge in [0, 0.05) is 20.6 Å². The van der Waals surface area contributed by atoms with Gasteiger partial charge in [-0.05, 0) is 32.9 Å². The van der Waals surface area contributed by atoms with Gasteiger partial charge in [0.2, 0.25) is 10.0 Å². The van der Waals surface area contributed by atoms with Crippen molar-refractivity contribution >= 4 is 15.7 Å². The first-order chi connectivity index (χ1) is 12.3. The number of benzene rings is 1. The number of ether oxygens (including phenoxy) is 1. The number of nitrogens with zero attached hydrogens (tertiary/aromatic N) is 4. The number of anilines is 1. The Labute approximate surface area is 155 Å². The largest absolute Gasteiger partial charge is 0.485 e. The molecule has 7 nitrogen and oxygen atoms in total. The van der Waals surface area contributed by atoms with Gasteiger partial charge < -0.3 is 9.64 Å². The second-order valence-electron chi connectivity index (χ2n) is 6.66. The van der Waals surface area contributed by atoms with Crippen LogP contribution in [0.3, 0.4) is 0 Å². The van der Waals surface area contributed by atoms with Crippen LogP contribution in [-0.4, -0.2) is 55.3 Å². The summed E-state index contributed by atoms with van der Waals surface area (Å²) in [4.78, 5) is 2.50. The van der Waals surface area contributed by atoms with Crippen LogP contribution >= 0.6 is 0 Å². The van der Waals surface area contributed by atoms with Crippen LogP contribution in [0.1, 0.15) is 18.3 Å². The minimum Gasteiger partial charge on any atom is -0.485 e. The van der Waals surface area contributed by atoms with E-state index >= 15 is 0 Å². The highest BCUT2D eigenvalue weighted by Crippen LogP contribution is 2.33. The Morgan fingerprint density at radius 3 is 2.62 bits per heavy atom. The first-order valence-corrected chi connectivity index (χ1v) is 10.2. The topological polar surface area (TPSA) is 67.7 Å². The number of likely N-dealkylation sites (N-methyl/N-ethyl adjacent to an activating group) is 2. The maximum absolute atomic E-state index is 13.1. The van der Waals surface area contributed by atoms with Crippen LogP contribution in [0.15, 0.2) is 29.2 Å². The summed E-state index contributed by atoms with van der Waals surface area (Å²) in [5, 5.41) is 4.23. The molecule has 0 fully saturated rings. The molecule has 1 aromatic carbocycles. The van der Waals surface area contributed by atoms with Crippen molar-refractivity contribution in [3.8, 4) is 5.75 Å². The highest BCUT2D eigenvalue weighted by molar-refractivity contribution is 7.89. The van der Waals surface area contributed by atoms with E-state index in [0.29, 0.717) is 17.9 Å². The Hall–Kier alpha value is -2.06. The zero-order valence-electron chi connectivity index (χ0n) is 15.9. The molecule has 1 aliphatic rings. The third-order valence-corrected chi connectivity index (χ3v) is 6.95. The first kappa shape index (κ1) is 18.7. The summed E-state index contributed by atoms with van der Waals surface area (Å²) < 4.78 is 35.2. The normalized spacial score (nSPS) is 17.3. The monoisotopic (exact) mass is 378 g/mol. The number of para-hydroxylation sites is 2. The van der Waals surface area contributed by atoms with E-state index in [9.17, 15) is 8.42 Å². The van der Waals surface area contributed by atoms with Crippen LogP contribution in [0.25, 0.3) is 0 Å². The van der Waals surface area contributed by atoms with Gasteiger partial charge in [-0.1, -0.05) is 12.1 Å². The molecule has 8 heteroatoms. The number of sulfonamides is 1. The van der Waals surface area contributed by atoms with Crippen molar-refractivity contribution in [1.82, 2.24) is 14.1 Å². The van der Waals surface area contributed by atoms with Crippen LogP contribution < -0.4 is 9.64 Å². The molecule has 2 heterocycles. The summed E-state index contributed by atoms with van der Waals surface area (Å²) in [6.45, 7) is 7.35. The zero-order valence-corrected chi connectivity index (χ0v) is 16.7. The van der Waals surface area contributed by atoms with Crippen molar-refractivity contribution in [1.29, 1.82) is 0 Å². The lowest BCUT2D eigenvalue weighted by atomic mass is 10.2. The average molecular weight is 378 g/mol. The van der Waals surface area contributed by atoms with Crippen LogP contribution in [0.5, 0.6) is 5.75 Å². The summed E-state index contributed by atoms with van der Waals surface area (Å²) in [5.41, 5.74) is 2.21. The molecule has 1 aromatic heterocycles. The fourth-order valence-electron chi connectivity index (χ4n) is 3.44. The average Bonchev–Trinajstić information content (AvgIpc) is 2.86. The predicted molar refractivity (Wildman–Crippen MR) is 101 cm³/mol. The molecule has 0 aliphatic carbocycles. The van der Waals surface area contributed by atoms with E-state index in [4.69, 9.17) is 4.74 Å². The molecule has 0 spiro atoms. The number of hydrogen-bond donors (Lipinski definition) is 0. The Kier molecular flexibility index (Phi) is 4.98. The summed E-state index contributed by atoms with van der Waals surface area (Å²) in [6, 6.07) is 7.86. The third-order valence-electron chi connectivity index (χ3n) is 4.88. The summed E-state index contributed by atoms with van der Waals surface area (Å²) in [7, 11) is -0.279. The van der Waals surface area contributed by atoms with E-state index in [0.717, 1.165) is 18.0 Å². The van der Waals surface area contributed by atoms with Gasteiger partial charge in [0.25, 0.3) is 0 Å². The molecular weight excluding hydrogens is 352 g/mol. The molecule has 142 valence electrons. The van der Waals surface area contributed by atoms with E-state index in [1.54, 1.807) is 32.6 Å². The molecule has 1 atom stereocenters. The standard InChI is InChI=1S/C18H26N4O3S/c1-6-22-12-15(25-17-10-8-7-9-16(17)22)11-20(4)26(23,24)18-13(2)19-21(5)14(18)3/h7-10,15H,6,11-12H2,1-5H3/t15-/m0/s1. The number of hydrogen-bond acceptors (Lipinski definition) is 5. The van der Waals surface area contributed by atoms with Crippen LogP contribution in [0.4, 0.5) is 5.69 Å². The van der Waals surface area contributed by atoms with Crippen LogP contribution in [0, 0.1) is 13.8 Å². The molecule has 0 saturated heterocycles. The van der Waals surface area contributed by atoms with E-state index in [2.05, 4.69) is 16.9 Å². The number of aryl methyl sites for hydroxylation is 2. The lowest BCUT2D eigenvalue weighted by molar-refractivity contribution is 0.171. The SMILES string of the molecule is CCN1C[C@H](CN(C)S(=O)(=O)c2c(C)nn(C)c2C)Oc2ccccc21. The Balaban J connectivity index is 1.83. The molecule has 1 aliphatic heterocycles. The quantitative estimate of drug-likeness (QED) is 0.795. The van der Waals surface area contributed by atoms with Crippen molar-refractivity contribution in [3.63, 3.8) is 0 Å². The fraction of sp³-hybridized carbons (Fsp3) is 0.500. The molecular formula is C18H26N4O3S. The lowest BCUT2D eigenvalue weighted by Crippen LogP contribution is -2.46. The van der Waals surface area contributed by atoms with Crippen molar-refractivity contribution in [2.45, 2.75) is 31.8 Å². The number of aromatic nitrogens is 2. The number of fused-ring (bicyclic) bond motifs is 1. The third kappa shape index (κ3) is 3.19. The van der Waals surface area contributed by atoms with Gasteiger partial charge in [-0.3, -0.25) is 4.68 Å². The molecule has 0 saturated carbocycles. The van der Waals surface area contributed by atoms with Crippen LogP contribution in [0.2, 0.25) is 0 Å². The van der Waals surface area contributed by atoms with E-state index in [-0.39, 0.29) is 17.5 Å². The Morgan fingerprint density at radius 2 is 2.00 bits per heavy atom. The van der Waals surface area contributed by atoms with Gasteiger partial charge in [-0.15, -0.1) is 0 Å². The molecule has 0 unspecified atom stereocenters.